The maximum absolute atomic E-state index is 10.5. The van der Waals surface area contributed by atoms with Crippen molar-refractivity contribution >= 4 is 23.0 Å². The number of nitrogen functional groups attached to an aromatic ring is 1. The molecule has 8 nitrogen and oxygen atoms in total. The third-order valence-electron chi connectivity index (χ3n) is 2.25. The Bertz CT molecular complexity index is 625. The molecular weight excluding hydrogens is 236 g/mol. The Hall–Kier alpha value is -3.08. The molecule has 1 aromatic carbocycles. The molecule has 4 N–H and O–H groups in total. The first-order valence-corrected chi connectivity index (χ1v) is 4.87. The molecule has 18 heavy (non-hydrogen) atoms. The minimum Gasteiger partial charge on any atom is -0.383 e. The van der Waals surface area contributed by atoms with Gasteiger partial charge in [0.05, 0.1) is 4.92 Å². The molecule has 0 aliphatic heterocycles. The fourth-order valence-electron chi connectivity index (χ4n) is 1.36. The van der Waals surface area contributed by atoms with Crippen LogP contribution >= 0.6 is 0 Å². The largest absolute Gasteiger partial charge is 0.383 e. The number of hydrogen-bond donors (Lipinski definition) is 3. The predicted molar refractivity (Wildman–Crippen MR) is 64.1 cm³/mol. The summed E-state index contributed by atoms with van der Waals surface area (Å²) in [4.78, 5) is 9.99. The summed E-state index contributed by atoms with van der Waals surface area (Å²) >= 11 is 0. The molecular formula is C10H8N6O2. The highest BCUT2D eigenvalue weighted by Crippen LogP contribution is 2.23. The predicted octanol–water partition coefficient (Wildman–Crippen LogP) is 1.52. The number of nitrogens with zero attached hydrogens (tertiary/aromatic N) is 3. The summed E-state index contributed by atoms with van der Waals surface area (Å²) in [5, 5.41) is 28.5. The molecule has 2 rings (SSSR count). The van der Waals surface area contributed by atoms with Crippen LogP contribution in [-0.4, -0.2) is 15.1 Å². The second-order valence-corrected chi connectivity index (χ2v) is 3.40. The van der Waals surface area contributed by atoms with Gasteiger partial charge in [0.2, 0.25) is 0 Å². The lowest BCUT2D eigenvalue weighted by Gasteiger charge is -2.02. The minimum absolute atomic E-state index is 0.0115. The zero-order chi connectivity index (χ0) is 13.1. The number of nitrogens with one attached hydrogen (secondary N) is 2. The van der Waals surface area contributed by atoms with Crippen molar-refractivity contribution in [2.24, 2.45) is 0 Å². The van der Waals surface area contributed by atoms with Gasteiger partial charge < -0.3 is 11.1 Å². The number of H-pyrrole nitrogens is 1. The summed E-state index contributed by atoms with van der Waals surface area (Å²) in [7, 11) is 0. The van der Waals surface area contributed by atoms with Gasteiger partial charge in [-0.15, -0.1) is 0 Å². The van der Waals surface area contributed by atoms with E-state index in [4.69, 9.17) is 11.0 Å². The zero-order valence-electron chi connectivity index (χ0n) is 9.04. The van der Waals surface area contributed by atoms with Crippen molar-refractivity contribution in [3.63, 3.8) is 0 Å². The number of anilines is 3. The quantitative estimate of drug-likeness (QED) is 0.553. The second kappa shape index (κ2) is 4.42. The van der Waals surface area contributed by atoms with Gasteiger partial charge in [-0.05, 0) is 12.1 Å². The van der Waals surface area contributed by atoms with Crippen LogP contribution in [0.1, 0.15) is 5.56 Å². The minimum atomic E-state index is -0.489. The Labute approximate surface area is 101 Å². The van der Waals surface area contributed by atoms with Crippen LogP contribution in [0.25, 0.3) is 0 Å². The number of nitro groups is 1. The number of nitrogens with two attached hydrogens (primary N) is 1. The van der Waals surface area contributed by atoms with Crippen molar-refractivity contribution in [2.75, 3.05) is 11.1 Å². The lowest BCUT2D eigenvalue weighted by Crippen LogP contribution is -1.94. The standard InChI is InChI=1S/C10H8N6O2/c11-5-8-9(12)14-15-10(8)13-6-1-3-7(4-2-6)16(17)18/h1-4H,(H4,12,13,14,15). The van der Waals surface area contributed by atoms with Crippen LogP contribution in [-0.2, 0) is 0 Å². The van der Waals surface area contributed by atoms with Gasteiger partial charge in [0.1, 0.15) is 17.5 Å². The Morgan fingerprint density at radius 1 is 1.44 bits per heavy atom. The van der Waals surface area contributed by atoms with Crippen molar-refractivity contribution < 1.29 is 4.92 Å². The monoisotopic (exact) mass is 244 g/mol. The summed E-state index contributed by atoms with van der Waals surface area (Å²) in [5.41, 5.74) is 6.26. The molecule has 0 bridgehead atoms. The van der Waals surface area contributed by atoms with E-state index in [-0.39, 0.29) is 22.9 Å². The molecule has 0 saturated carbocycles. The average Bonchev–Trinajstić information content (AvgIpc) is 2.70. The van der Waals surface area contributed by atoms with E-state index >= 15 is 0 Å². The first kappa shape index (κ1) is 11.4. The van der Waals surface area contributed by atoms with Gasteiger partial charge in [0.15, 0.2) is 5.82 Å². The van der Waals surface area contributed by atoms with E-state index < -0.39 is 4.92 Å². The number of nitriles is 1. The summed E-state index contributed by atoms with van der Waals surface area (Å²) in [5.74, 6) is 0.450. The fourth-order valence-corrected chi connectivity index (χ4v) is 1.36. The van der Waals surface area contributed by atoms with Gasteiger partial charge in [-0.3, -0.25) is 15.2 Å². The Balaban J connectivity index is 2.24. The number of rotatable bonds is 3. The molecule has 0 amide bonds. The third-order valence-corrected chi connectivity index (χ3v) is 2.25. The SMILES string of the molecule is N#Cc1c(Nc2ccc([N+](=O)[O-])cc2)n[nH]c1N. The second-order valence-electron chi connectivity index (χ2n) is 3.40. The van der Waals surface area contributed by atoms with Crippen molar-refractivity contribution in [3.8, 4) is 6.07 Å². The number of nitro benzene ring substituents is 1. The van der Waals surface area contributed by atoms with Gasteiger partial charge in [0.25, 0.3) is 5.69 Å². The maximum atomic E-state index is 10.5. The molecule has 0 aliphatic carbocycles. The highest BCUT2D eigenvalue weighted by Gasteiger charge is 2.11. The average molecular weight is 244 g/mol. The number of aromatic amines is 1. The molecule has 0 radical (unpaired) electrons. The first-order valence-electron chi connectivity index (χ1n) is 4.87. The van der Waals surface area contributed by atoms with E-state index in [1.54, 1.807) is 0 Å². The van der Waals surface area contributed by atoms with Crippen LogP contribution in [0.3, 0.4) is 0 Å². The maximum Gasteiger partial charge on any atom is 0.269 e. The fraction of sp³-hybridized carbons (Fsp3) is 0. The van der Waals surface area contributed by atoms with Gasteiger partial charge in [-0.2, -0.15) is 10.4 Å². The number of benzene rings is 1. The molecule has 0 aliphatic rings. The summed E-state index contributed by atoms with van der Waals surface area (Å²) < 4.78 is 0. The topological polar surface area (TPSA) is 134 Å². The van der Waals surface area contributed by atoms with Crippen molar-refractivity contribution in [2.45, 2.75) is 0 Å². The summed E-state index contributed by atoms with van der Waals surface area (Å²) in [6, 6.07) is 7.64. The van der Waals surface area contributed by atoms with Crippen molar-refractivity contribution in [3.05, 3.63) is 39.9 Å². The summed E-state index contributed by atoms with van der Waals surface area (Å²) in [6.07, 6.45) is 0. The van der Waals surface area contributed by atoms with Gasteiger partial charge >= 0.3 is 0 Å². The molecule has 90 valence electrons. The van der Waals surface area contributed by atoms with Crippen LogP contribution in [0.2, 0.25) is 0 Å². The molecule has 1 heterocycles. The Morgan fingerprint density at radius 3 is 2.67 bits per heavy atom. The van der Waals surface area contributed by atoms with E-state index in [2.05, 4.69) is 15.5 Å². The number of aromatic nitrogens is 2. The molecule has 1 aromatic heterocycles. The summed E-state index contributed by atoms with van der Waals surface area (Å²) in [6.45, 7) is 0. The molecule has 0 fully saturated rings. The van der Waals surface area contributed by atoms with E-state index in [9.17, 15) is 10.1 Å². The Kier molecular flexibility index (Phi) is 2.80. The van der Waals surface area contributed by atoms with Crippen molar-refractivity contribution in [1.29, 1.82) is 5.26 Å². The molecule has 0 unspecified atom stereocenters. The van der Waals surface area contributed by atoms with Crippen LogP contribution in [0.5, 0.6) is 0 Å². The normalized spacial score (nSPS) is 9.72. The van der Waals surface area contributed by atoms with E-state index in [0.717, 1.165) is 0 Å². The van der Waals surface area contributed by atoms with Gasteiger partial charge in [-0.1, -0.05) is 0 Å². The third kappa shape index (κ3) is 2.05. The first-order chi connectivity index (χ1) is 8.61. The van der Waals surface area contributed by atoms with Crippen molar-refractivity contribution in [1.82, 2.24) is 10.2 Å². The van der Waals surface area contributed by atoms with E-state index in [1.807, 2.05) is 6.07 Å². The van der Waals surface area contributed by atoms with Gasteiger partial charge in [-0.25, -0.2) is 0 Å². The van der Waals surface area contributed by atoms with E-state index in [1.165, 1.54) is 24.3 Å². The van der Waals surface area contributed by atoms with Gasteiger partial charge in [0, 0.05) is 17.8 Å². The zero-order valence-corrected chi connectivity index (χ0v) is 9.04. The van der Waals surface area contributed by atoms with Crippen LogP contribution in [0.4, 0.5) is 23.0 Å². The highest BCUT2D eigenvalue weighted by molar-refractivity contribution is 5.69. The van der Waals surface area contributed by atoms with E-state index in [0.29, 0.717) is 5.69 Å². The molecule has 8 heteroatoms. The molecule has 0 saturated heterocycles. The smallest absolute Gasteiger partial charge is 0.269 e. The number of hydrogen-bond acceptors (Lipinski definition) is 6. The number of non-ortho nitro benzene ring substituents is 1. The van der Waals surface area contributed by atoms with Crippen LogP contribution < -0.4 is 11.1 Å². The van der Waals surface area contributed by atoms with Crippen LogP contribution in [0, 0.1) is 21.4 Å². The molecule has 0 spiro atoms. The lowest BCUT2D eigenvalue weighted by molar-refractivity contribution is -0.384. The Morgan fingerprint density at radius 2 is 2.11 bits per heavy atom. The molecule has 0 atom stereocenters. The highest BCUT2D eigenvalue weighted by atomic mass is 16.6. The lowest BCUT2D eigenvalue weighted by atomic mass is 10.2. The molecule has 2 aromatic rings. The van der Waals surface area contributed by atoms with Crippen LogP contribution in [0.15, 0.2) is 24.3 Å².